The fourth-order valence-electron chi connectivity index (χ4n) is 3.70. The van der Waals surface area contributed by atoms with Gasteiger partial charge in [0.2, 0.25) is 5.95 Å². The van der Waals surface area contributed by atoms with Crippen LogP contribution in [0.25, 0.3) is 22.2 Å². The zero-order valence-corrected chi connectivity index (χ0v) is 18.1. The maximum atomic E-state index is 14.0. The number of hydrogen-bond acceptors (Lipinski definition) is 5. The standard InChI is InChI=1S/C24H21F3N4O3/c1-34-11-10-31-21-14-19(24(25,26)27)18(15-6-3-2-4-7-15)13-20(21)29-23(31)28-17-9-5-8-16(12-17)22(32)30-33/h2-9,12-14,33H,10-11H2,1H3,(H,28,29)(H,30,32). The third kappa shape index (κ3) is 4.73. The van der Waals surface area contributed by atoms with E-state index in [1.54, 1.807) is 52.5 Å². The summed E-state index contributed by atoms with van der Waals surface area (Å²) in [6.07, 6.45) is -4.57. The summed E-state index contributed by atoms with van der Waals surface area (Å²) < 4.78 is 48.8. The molecule has 0 aliphatic carbocycles. The van der Waals surface area contributed by atoms with Crippen LogP contribution in [0.2, 0.25) is 0 Å². The lowest BCUT2D eigenvalue weighted by Crippen LogP contribution is -2.18. The molecule has 0 unspecified atom stereocenters. The molecule has 10 heteroatoms. The number of nitrogens with zero attached hydrogens (tertiary/aromatic N) is 2. The Morgan fingerprint density at radius 1 is 1.09 bits per heavy atom. The van der Waals surface area contributed by atoms with Crippen LogP contribution in [0, 0.1) is 0 Å². The molecule has 0 atom stereocenters. The highest BCUT2D eigenvalue weighted by molar-refractivity contribution is 5.94. The number of hydroxylamine groups is 1. The summed E-state index contributed by atoms with van der Waals surface area (Å²) in [6, 6.07) is 17.1. The molecule has 0 spiro atoms. The number of carbonyl (C=O) groups is 1. The zero-order valence-electron chi connectivity index (χ0n) is 18.1. The lowest BCUT2D eigenvalue weighted by molar-refractivity contribution is -0.137. The Hall–Kier alpha value is -3.89. The number of anilines is 2. The summed E-state index contributed by atoms with van der Waals surface area (Å²) in [6.45, 7) is 0.489. The van der Waals surface area contributed by atoms with Crippen LogP contribution in [0.1, 0.15) is 15.9 Å². The van der Waals surface area contributed by atoms with Crippen molar-refractivity contribution in [1.82, 2.24) is 15.0 Å². The monoisotopic (exact) mass is 470 g/mol. The van der Waals surface area contributed by atoms with E-state index in [0.29, 0.717) is 16.8 Å². The van der Waals surface area contributed by atoms with Crippen LogP contribution in [0.3, 0.4) is 0 Å². The second-order valence-corrected chi connectivity index (χ2v) is 7.48. The number of imidazole rings is 1. The predicted octanol–water partition coefficient (Wildman–Crippen LogP) is 5.23. The molecule has 0 saturated carbocycles. The normalized spacial score (nSPS) is 11.6. The van der Waals surface area contributed by atoms with E-state index in [1.165, 1.54) is 25.3 Å². The number of aromatic nitrogens is 2. The molecule has 0 fully saturated rings. The Labute approximate surface area is 192 Å². The number of fused-ring (bicyclic) bond motifs is 1. The number of methoxy groups -OCH3 is 1. The van der Waals surface area contributed by atoms with Gasteiger partial charge in [-0.25, -0.2) is 10.5 Å². The molecular weight excluding hydrogens is 449 g/mol. The van der Waals surface area contributed by atoms with E-state index in [0.717, 1.165) is 6.07 Å². The molecule has 7 nitrogen and oxygen atoms in total. The predicted molar refractivity (Wildman–Crippen MR) is 121 cm³/mol. The topological polar surface area (TPSA) is 88.4 Å². The molecule has 0 aliphatic rings. The van der Waals surface area contributed by atoms with Crippen molar-refractivity contribution >= 4 is 28.6 Å². The molecule has 4 aromatic rings. The molecule has 1 amide bonds. The number of nitrogens with one attached hydrogen (secondary N) is 2. The van der Waals surface area contributed by atoms with Gasteiger partial charge in [0.25, 0.3) is 5.91 Å². The summed E-state index contributed by atoms with van der Waals surface area (Å²) in [4.78, 5) is 16.3. The van der Waals surface area contributed by atoms with Gasteiger partial charge in [0.15, 0.2) is 0 Å². The van der Waals surface area contributed by atoms with Gasteiger partial charge in [-0.3, -0.25) is 10.0 Å². The fraction of sp³-hybridized carbons (Fsp3) is 0.167. The number of halogens is 3. The lowest BCUT2D eigenvalue weighted by Gasteiger charge is -2.15. The van der Waals surface area contributed by atoms with Crippen molar-refractivity contribution in [2.75, 3.05) is 19.0 Å². The van der Waals surface area contributed by atoms with Crippen molar-refractivity contribution in [1.29, 1.82) is 0 Å². The first-order chi connectivity index (χ1) is 16.3. The van der Waals surface area contributed by atoms with Gasteiger partial charge in [-0.05, 0) is 41.5 Å². The van der Waals surface area contributed by atoms with E-state index < -0.39 is 17.6 Å². The van der Waals surface area contributed by atoms with Gasteiger partial charge in [0, 0.05) is 24.9 Å². The van der Waals surface area contributed by atoms with E-state index in [2.05, 4.69) is 10.3 Å². The molecule has 0 aliphatic heterocycles. The minimum Gasteiger partial charge on any atom is -0.383 e. The molecular formula is C24H21F3N4O3. The number of amides is 1. The Kier molecular flexibility index (Phi) is 6.53. The SMILES string of the molecule is COCCn1c(Nc2cccc(C(=O)NO)c2)nc2cc(-c3ccccc3)c(C(F)(F)F)cc21. The van der Waals surface area contributed by atoms with Crippen molar-refractivity contribution in [3.8, 4) is 11.1 Å². The van der Waals surface area contributed by atoms with E-state index in [-0.39, 0.29) is 35.7 Å². The Bertz CT molecular complexity index is 1320. The summed E-state index contributed by atoms with van der Waals surface area (Å²) in [5, 5.41) is 11.9. The van der Waals surface area contributed by atoms with Gasteiger partial charge < -0.3 is 14.6 Å². The van der Waals surface area contributed by atoms with Gasteiger partial charge in [-0.15, -0.1) is 0 Å². The van der Waals surface area contributed by atoms with E-state index in [1.807, 2.05) is 0 Å². The number of benzene rings is 3. The van der Waals surface area contributed by atoms with Crippen LogP contribution in [-0.2, 0) is 17.5 Å². The maximum Gasteiger partial charge on any atom is 0.417 e. The van der Waals surface area contributed by atoms with E-state index >= 15 is 0 Å². The van der Waals surface area contributed by atoms with Gasteiger partial charge in [0.05, 0.1) is 23.2 Å². The van der Waals surface area contributed by atoms with Crippen LogP contribution in [0.4, 0.5) is 24.8 Å². The highest BCUT2D eigenvalue weighted by atomic mass is 19.4. The van der Waals surface area contributed by atoms with Crippen LogP contribution in [0.15, 0.2) is 66.7 Å². The van der Waals surface area contributed by atoms with Crippen LogP contribution in [0.5, 0.6) is 0 Å². The second kappa shape index (κ2) is 9.54. The molecule has 0 bridgehead atoms. The average Bonchev–Trinajstić information content (AvgIpc) is 3.17. The van der Waals surface area contributed by atoms with Gasteiger partial charge in [-0.2, -0.15) is 13.2 Å². The summed E-state index contributed by atoms with van der Waals surface area (Å²) in [7, 11) is 1.50. The van der Waals surface area contributed by atoms with Crippen LogP contribution >= 0.6 is 0 Å². The highest BCUT2D eigenvalue weighted by Gasteiger charge is 2.35. The minimum absolute atomic E-state index is 0.0326. The van der Waals surface area contributed by atoms with Crippen LogP contribution in [-0.4, -0.2) is 34.4 Å². The fourth-order valence-corrected chi connectivity index (χ4v) is 3.70. The zero-order chi connectivity index (χ0) is 24.3. The minimum atomic E-state index is -4.57. The van der Waals surface area contributed by atoms with Crippen molar-refractivity contribution in [2.24, 2.45) is 0 Å². The largest absolute Gasteiger partial charge is 0.417 e. The van der Waals surface area contributed by atoms with E-state index in [9.17, 15) is 18.0 Å². The molecule has 1 heterocycles. The van der Waals surface area contributed by atoms with Crippen molar-refractivity contribution < 1.29 is 27.9 Å². The molecule has 0 saturated heterocycles. The van der Waals surface area contributed by atoms with Gasteiger partial charge in [-0.1, -0.05) is 36.4 Å². The maximum absolute atomic E-state index is 14.0. The molecule has 3 N–H and O–H groups in total. The molecule has 3 aromatic carbocycles. The Morgan fingerprint density at radius 2 is 1.85 bits per heavy atom. The lowest BCUT2D eigenvalue weighted by atomic mass is 9.98. The number of alkyl halides is 3. The number of ether oxygens (including phenoxy) is 1. The van der Waals surface area contributed by atoms with Gasteiger partial charge >= 0.3 is 6.18 Å². The van der Waals surface area contributed by atoms with Crippen molar-refractivity contribution in [3.05, 3.63) is 77.9 Å². The summed E-state index contributed by atoms with van der Waals surface area (Å²) in [5.74, 6) is -0.411. The van der Waals surface area contributed by atoms with Gasteiger partial charge in [0.1, 0.15) is 0 Å². The summed E-state index contributed by atoms with van der Waals surface area (Å²) in [5.41, 5.74) is 2.58. The Morgan fingerprint density at radius 3 is 2.53 bits per heavy atom. The van der Waals surface area contributed by atoms with Crippen LogP contribution < -0.4 is 10.8 Å². The first kappa shape index (κ1) is 23.3. The van der Waals surface area contributed by atoms with Crippen molar-refractivity contribution in [3.63, 3.8) is 0 Å². The summed E-state index contributed by atoms with van der Waals surface area (Å²) >= 11 is 0. The number of hydrogen-bond donors (Lipinski definition) is 3. The van der Waals surface area contributed by atoms with Crippen molar-refractivity contribution in [2.45, 2.75) is 12.7 Å². The smallest absolute Gasteiger partial charge is 0.383 e. The second-order valence-electron chi connectivity index (χ2n) is 7.48. The Balaban J connectivity index is 1.87. The number of rotatable bonds is 7. The molecule has 4 rings (SSSR count). The highest BCUT2D eigenvalue weighted by Crippen LogP contribution is 2.40. The third-order valence-corrected chi connectivity index (χ3v) is 5.28. The van der Waals surface area contributed by atoms with E-state index in [4.69, 9.17) is 9.94 Å². The third-order valence-electron chi connectivity index (χ3n) is 5.28. The molecule has 0 radical (unpaired) electrons. The number of carbonyl (C=O) groups excluding carboxylic acids is 1. The first-order valence-corrected chi connectivity index (χ1v) is 10.3. The molecule has 176 valence electrons. The molecule has 1 aromatic heterocycles. The average molecular weight is 470 g/mol. The molecule has 34 heavy (non-hydrogen) atoms. The first-order valence-electron chi connectivity index (χ1n) is 10.3. The quantitative estimate of drug-likeness (QED) is 0.254.